The summed E-state index contributed by atoms with van der Waals surface area (Å²) >= 11 is 0. The second kappa shape index (κ2) is 4.47. The second-order valence-corrected chi connectivity index (χ2v) is 4.22. The molecule has 0 fully saturated rings. The Morgan fingerprint density at radius 3 is 2.88 bits per heavy atom. The van der Waals surface area contributed by atoms with Gasteiger partial charge in [-0.25, -0.2) is 0 Å². The van der Waals surface area contributed by atoms with Crippen molar-refractivity contribution >= 4 is 17.4 Å². The third-order valence-corrected chi connectivity index (χ3v) is 2.93. The number of fused-ring (bicyclic) bond motifs is 1. The largest absolute Gasteiger partial charge is 0.325 e. The number of ketones is 1. The van der Waals surface area contributed by atoms with E-state index in [0.29, 0.717) is 6.42 Å². The van der Waals surface area contributed by atoms with Crippen LogP contribution in [0.3, 0.4) is 0 Å². The lowest BCUT2D eigenvalue weighted by Gasteiger charge is -2.07. The van der Waals surface area contributed by atoms with E-state index in [4.69, 9.17) is 0 Å². The molecule has 84 valence electrons. The normalized spacial score (nSPS) is 18.1. The fraction of sp³-hybridized carbons (Fsp3) is 0.385. The molecule has 1 atom stereocenters. The Kier molecular flexibility index (Phi) is 3.04. The summed E-state index contributed by atoms with van der Waals surface area (Å²) < 4.78 is 0. The van der Waals surface area contributed by atoms with Gasteiger partial charge in [-0.2, -0.15) is 0 Å². The molecule has 1 amide bonds. The first-order valence-electron chi connectivity index (χ1n) is 5.57. The predicted molar refractivity (Wildman–Crippen MR) is 62.3 cm³/mol. The van der Waals surface area contributed by atoms with Crippen LogP contribution in [-0.2, 0) is 9.59 Å². The minimum absolute atomic E-state index is 0.0600. The first-order valence-corrected chi connectivity index (χ1v) is 5.57. The van der Waals surface area contributed by atoms with Crippen LogP contribution >= 0.6 is 0 Å². The number of carbonyl (C=O) groups excluding carboxylic acids is 2. The van der Waals surface area contributed by atoms with Crippen molar-refractivity contribution in [3.05, 3.63) is 29.8 Å². The number of amides is 1. The summed E-state index contributed by atoms with van der Waals surface area (Å²) in [6.45, 7) is 1.59. The molecule has 1 aliphatic rings. The van der Waals surface area contributed by atoms with Crippen molar-refractivity contribution in [1.29, 1.82) is 0 Å². The lowest BCUT2D eigenvalue weighted by molar-refractivity contribution is -0.119. The van der Waals surface area contributed by atoms with Gasteiger partial charge >= 0.3 is 0 Å². The third kappa shape index (κ3) is 2.13. The fourth-order valence-electron chi connectivity index (χ4n) is 2.12. The summed E-state index contributed by atoms with van der Waals surface area (Å²) in [6, 6.07) is 7.75. The monoisotopic (exact) mass is 217 g/mol. The zero-order valence-corrected chi connectivity index (χ0v) is 9.32. The van der Waals surface area contributed by atoms with Crippen molar-refractivity contribution in [3.63, 3.8) is 0 Å². The molecule has 3 nitrogen and oxygen atoms in total. The van der Waals surface area contributed by atoms with E-state index in [1.807, 2.05) is 24.3 Å². The van der Waals surface area contributed by atoms with Gasteiger partial charge in [0.1, 0.15) is 5.78 Å². The van der Waals surface area contributed by atoms with Crippen molar-refractivity contribution in [1.82, 2.24) is 0 Å². The van der Waals surface area contributed by atoms with Crippen LogP contribution < -0.4 is 5.32 Å². The van der Waals surface area contributed by atoms with Crippen molar-refractivity contribution in [3.8, 4) is 0 Å². The Morgan fingerprint density at radius 1 is 1.38 bits per heavy atom. The van der Waals surface area contributed by atoms with Crippen LogP contribution in [0.1, 0.15) is 37.7 Å². The molecule has 0 spiro atoms. The van der Waals surface area contributed by atoms with E-state index < -0.39 is 0 Å². The van der Waals surface area contributed by atoms with Gasteiger partial charge in [-0.1, -0.05) is 18.2 Å². The highest BCUT2D eigenvalue weighted by Crippen LogP contribution is 2.35. The molecular formula is C13H15NO2. The summed E-state index contributed by atoms with van der Waals surface area (Å²) in [5, 5.41) is 2.86. The molecule has 1 N–H and O–H groups in total. The maximum atomic E-state index is 11.7. The molecule has 16 heavy (non-hydrogen) atoms. The van der Waals surface area contributed by atoms with Crippen molar-refractivity contribution in [2.24, 2.45) is 0 Å². The molecular weight excluding hydrogens is 202 g/mol. The minimum atomic E-state index is -0.0736. The zero-order valence-electron chi connectivity index (χ0n) is 9.32. The molecule has 3 heteroatoms. The van der Waals surface area contributed by atoms with Crippen molar-refractivity contribution in [2.75, 3.05) is 5.32 Å². The highest BCUT2D eigenvalue weighted by molar-refractivity contribution is 6.02. The molecule has 1 unspecified atom stereocenters. The quantitative estimate of drug-likeness (QED) is 0.842. The van der Waals surface area contributed by atoms with E-state index in [1.54, 1.807) is 6.92 Å². The smallest absolute Gasteiger partial charge is 0.232 e. The molecule has 0 aromatic heterocycles. The van der Waals surface area contributed by atoms with Crippen LogP contribution in [-0.4, -0.2) is 11.7 Å². The Labute approximate surface area is 94.9 Å². The average Bonchev–Trinajstić information content (AvgIpc) is 2.55. The molecule has 1 aromatic rings. The maximum absolute atomic E-state index is 11.7. The molecule has 1 aromatic carbocycles. The lowest BCUT2D eigenvalue weighted by atomic mass is 9.94. The van der Waals surface area contributed by atoms with E-state index in [2.05, 4.69) is 5.32 Å². The zero-order chi connectivity index (χ0) is 11.5. The Bertz CT molecular complexity index is 426. The number of para-hydroxylation sites is 1. The van der Waals surface area contributed by atoms with Crippen molar-refractivity contribution < 1.29 is 9.59 Å². The van der Waals surface area contributed by atoms with E-state index >= 15 is 0 Å². The Morgan fingerprint density at radius 2 is 2.12 bits per heavy atom. The van der Waals surface area contributed by atoms with Gasteiger partial charge in [0.05, 0.1) is 5.92 Å². The number of hydrogen-bond acceptors (Lipinski definition) is 2. The molecule has 0 saturated carbocycles. The van der Waals surface area contributed by atoms with Crippen LogP contribution in [0.5, 0.6) is 0 Å². The van der Waals surface area contributed by atoms with Crippen molar-refractivity contribution in [2.45, 2.75) is 32.1 Å². The number of Topliss-reactive ketones (excluding diaryl/α,β-unsaturated/α-hetero) is 1. The summed E-state index contributed by atoms with van der Waals surface area (Å²) in [5.41, 5.74) is 1.98. The molecule has 1 aliphatic heterocycles. The number of carbonyl (C=O) groups is 2. The van der Waals surface area contributed by atoms with Gasteiger partial charge in [0.15, 0.2) is 0 Å². The van der Waals surface area contributed by atoms with Gasteiger partial charge in [-0.3, -0.25) is 4.79 Å². The third-order valence-electron chi connectivity index (χ3n) is 2.93. The molecule has 2 rings (SSSR count). The second-order valence-electron chi connectivity index (χ2n) is 4.22. The summed E-state index contributed by atoms with van der Waals surface area (Å²) in [6.07, 6.45) is 2.09. The molecule has 0 saturated heterocycles. The van der Waals surface area contributed by atoms with E-state index in [-0.39, 0.29) is 17.6 Å². The number of benzene rings is 1. The van der Waals surface area contributed by atoms with E-state index in [0.717, 1.165) is 24.1 Å². The van der Waals surface area contributed by atoms with Crippen LogP contribution in [0, 0.1) is 0 Å². The summed E-state index contributed by atoms with van der Waals surface area (Å²) in [5.74, 6) is 0.173. The van der Waals surface area contributed by atoms with Gasteiger partial charge in [0, 0.05) is 12.1 Å². The number of hydrogen-bond donors (Lipinski definition) is 1. The average molecular weight is 217 g/mol. The fourth-order valence-corrected chi connectivity index (χ4v) is 2.12. The van der Waals surface area contributed by atoms with Gasteiger partial charge in [0.2, 0.25) is 5.91 Å². The SMILES string of the molecule is CC(=O)CCCC1C(=O)Nc2ccccc21. The predicted octanol–water partition coefficient (Wildman–Crippen LogP) is 2.48. The van der Waals surface area contributed by atoms with E-state index in [9.17, 15) is 9.59 Å². The van der Waals surface area contributed by atoms with Crippen LogP contribution in [0.15, 0.2) is 24.3 Å². The van der Waals surface area contributed by atoms with E-state index in [1.165, 1.54) is 0 Å². The van der Waals surface area contributed by atoms with Crippen LogP contribution in [0.4, 0.5) is 5.69 Å². The first kappa shape index (κ1) is 10.9. The lowest BCUT2D eigenvalue weighted by Crippen LogP contribution is -2.12. The van der Waals surface area contributed by atoms with Crippen LogP contribution in [0.2, 0.25) is 0 Å². The maximum Gasteiger partial charge on any atom is 0.232 e. The first-order chi connectivity index (χ1) is 7.68. The highest BCUT2D eigenvalue weighted by Gasteiger charge is 2.29. The van der Waals surface area contributed by atoms with Gasteiger partial charge < -0.3 is 10.1 Å². The molecule has 0 aliphatic carbocycles. The number of nitrogens with one attached hydrogen (secondary N) is 1. The Hall–Kier alpha value is -1.64. The molecule has 0 bridgehead atoms. The number of rotatable bonds is 4. The summed E-state index contributed by atoms with van der Waals surface area (Å²) in [4.78, 5) is 22.6. The Balaban J connectivity index is 2.05. The minimum Gasteiger partial charge on any atom is -0.325 e. The molecule has 1 heterocycles. The van der Waals surface area contributed by atoms with Gasteiger partial charge in [0.25, 0.3) is 0 Å². The highest BCUT2D eigenvalue weighted by atomic mass is 16.2. The van der Waals surface area contributed by atoms with Gasteiger partial charge in [-0.05, 0) is 31.4 Å². The summed E-state index contributed by atoms with van der Waals surface area (Å²) in [7, 11) is 0. The number of anilines is 1. The van der Waals surface area contributed by atoms with Crippen LogP contribution in [0.25, 0.3) is 0 Å². The molecule has 0 radical (unpaired) electrons. The topological polar surface area (TPSA) is 46.2 Å². The van der Waals surface area contributed by atoms with Gasteiger partial charge in [-0.15, -0.1) is 0 Å². The standard InChI is InChI=1S/C13H15NO2/c1-9(15)5-4-7-11-10-6-2-3-8-12(10)14-13(11)16/h2-3,6,8,11H,4-5,7H2,1H3,(H,14,16).